The molecule has 0 saturated carbocycles. The van der Waals surface area contributed by atoms with Gasteiger partial charge in [-0.1, -0.05) is 0 Å². The summed E-state index contributed by atoms with van der Waals surface area (Å²) in [6, 6.07) is 0. The van der Waals surface area contributed by atoms with Crippen molar-refractivity contribution < 1.29 is 75.2 Å². The molecule has 0 radical (unpaired) electrons. The molecule has 2 unspecified atom stereocenters. The predicted octanol–water partition coefficient (Wildman–Crippen LogP) is 1.67. The van der Waals surface area contributed by atoms with Crippen LogP contribution in [-0.2, 0) is 38.7 Å². The zero-order chi connectivity index (χ0) is 18.5. The van der Waals surface area contributed by atoms with Crippen molar-refractivity contribution in [1.82, 2.24) is 0 Å². The van der Waals surface area contributed by atoms with Gasteiger partial charge < -0.3 is 10.2 Å². The van der Waals surface area contributed by atoms with Crippen LogP contribution in [0.5, 0.6) is 0 Å². The third kappa shape index (κ3) is 9.98. The van der Waals surface area contributed by atoms with Gasteiger partial charge in [0.1, 0.15) is 11.8 Å². The number of carbonyl (C=O) groups excluding carboxylic acids is 2. The number of halogens is 6. The Kier molecular flexibility index (Phi) is 11.0. The molecule has 13 heteroatoms. The minimum atomic E-state index is -5.06. The zero-order valence-corrected chi connectivity index (χ0v) is 14.6. The van der Waals surface area contributed by atoms with Gasteiger partial charge in [-0.25, -0.2) is 0 Å². The van der Waals surface area contributed by atoms with Gasteiger partial charge in [0.2, 0.25) is 11.6 Å². The second kappa shape index (κ2) is 9.58. The molecule has 6 nitrogen and oxygen atoms in total. The quantitative estimate of drug-likeness (QED) is 0.418. The van der Waals surface area contributed by atoms with Crippen LogP contribution < -0.4 is 0 Å². The second-order valence-electron chi connectivity index (χ2n) is 3.84. The molecule has 0 saturated heterocycles. The van der Waals surface area contributed by atoms with Gasteiger partial charge in [0.15, 0.2) is 0 Å². The molecule has 130 valence electrons. The zero-order valence-electron chi connectivity index (χ0n) is 11.7. The van der Waals surface area contributed by atoms with Gasteiger partial charge >= 0.3 is 24.3 Å². The minimum Gasteiger partial charge on any atom is -0.481 e. The van der Waals surface area contributed by atoms with Crippen molar-refractivity contribution in [1.29, 1.82) is 0 Å². The van der Waals surface area contributed by atoms with E-state index in [1.54, 1.807) is 0 Å². The summed E-state index contributed by atoms with van der Waals surface area (Å²) in [4.78, 5) is 39.9. The summed E-state index contributed by atoms with van der Waals surface area (Å²) in [6.45, 7) is 1.39. The average Bonchev–Trinajstić information content (AvgIpc) is 2.33. The maximum absolute atomic E-state index is 11.4. The van der Waals surface area contributed by atoms with E-state index < -0.39 is 47.7 Å². The van der Waals surface area contributed by atoms with Crippen LogP contribution in [0.25, 0.3) is 0 Å². The van der Waals surface area contributed by atoms with Crippen molar-refractivity contribution in [2.45, 2.75) is 26.2 Å². The molecule has 2 N–H and O–H groups in total. The molecule has 23 heavy (non-hydrogen) atoms. The number of carboxylic acid groups (broad SMARTS) is 2. The summed E-state index contributed by atoms with van der Waals surface area (Å²) in [5.41, 5.74) is 0. The molecule has 0 heterocycles. The monoisotopic (exact) mass is 404 g/mol. The van der Waals surface area contributed by atoms with Crippen molar-refractivity contribution in [2.75, 3.05) is 0 Å². The van der Waals surface area contributed by atoms with E-state index in [1.807, 2.05) is 0 Å². The Morgan fingerprint density at radius 1 is 0.696 bits per heavy atom. The number of carbonyl (C=O) groups is 4. The van der Waals surface area contributed by atoms with Crippen LogP contribution in [0.2, 0.25) is 0 Å². The Morgan fingerprint density at radius 2 is 0.870 bits per heavy atom. The van der Waals surface area contributed by atoms with Gasteiger partial charge in [-0.2, -0.15) is 26.3 Å². The molecule has 0 amide bonds. The van der Waals surface area contributed by atoms with Gasteiger partial charge in [-0.3, -0.25) is 19.2 Å². The van der Waals surface area contributed by atoms with E-state index in [1.165, 1.54) is 0 Å². The van der Waals surface area contributed by atoms with Crippen LogP contribution >= 0.6 is 0 Å². The first-order chi connectivity index (χ1) is 9.53. The van der Waals surface area contributed by atoms with Gasteiger partial charge in [0, 0.05) is 19.5 Å². The number of rotatable bonds is 4. The van der Waals surface area contributed by atoms with Crippen LogP contribution in [0.4, 0.5) is 26.3 Å². The summed E-state index contributed by atoms with van der Waals surface area (Å²) >= 11 is 0. The van der Waals surface area contributed by atoms with E-state index in [2.05, 4.69) is 0 Å². The molecule has 0 aromatic rings. The Labute approximate surface area is 137 Å². The molecule has 0 aliphatic carbocycles. The first-order valence-corrected chi connectivity index (χ1v) is 5.21. The van der Waals surface area contributed by atoms with Crippen molar-refractivity contribution in [2.24, 2.45) is 11.8 Å². The van der Waals surface area contributed by atoms with E-state index in [4.69, 9.17) is 10.2 Å². The third-order valence-electron chi connectivity index (χ3n) is 2.09. The van der Waals surface area contributed by atoms with Gasteiger partial charge in [-0.15, -0.1) is 0 Å². The van der Waals surface area contributed by atoms with Crippen molar-refractivity contribution in [3.8, 4) is 0 Å². The Bertz CT molecular complexity index is 416. The normalized spacial score (nSPS) is 13.6. The standard InChI is InChI=1S/2C5H5F3O3.Zn/c2*1-2(4(10)11)3(9)5(6,7)8;/h2*2H,1H3,(H,10,11);. The first-order valence-electron chi connectivity index (χ1n) is 5.21. The van der Waals surface area contributed by atoms with Crippen LogP contribution in [0.3, 0.4) is 0 Å². The first kappa shape index (κ1) is 26.4. The SMILES string of the molecule is CC(C(=O)O)C(=O)C(F)(F)F.CC(C(=O)O)C(=O)C(F)(F)F.[Zn]. The van der Waals surface area contributed by atoms with Crippen LogP contribution in [0, 0.1) is 11.8 Å². The fourth-order valence-electron chi connectivity index (χ4n) is 0.715. The second-order valence-corrected chi connectivity index (χ2v) is 3.84. The molecule has 2 atom stereocenters. The molecule has 0 bridgehead atoms. The predicted molar refractivity (Wildman–Crippen MR) is 55.7 cm³/mol. The van der Waals surface area contributed by atoms with E-state index >= 15 is 0 Å². The molecule has 0 aliphatic heterocycles. The smallest absolute Gasteiger partial charge is 0.450 e. The van der Waals surface area contributed by atoms with Gasteiger partial charge in [0.05, 0.1) is 0 Å². The van der Waals surface area contributed by atoms with Crippen molar-refractivity contribution >= 4 is 23.5 Å². The van der Waals surface area contributed by atoms with E-state index in [-0.39, 0.29) is 19.5 Å². The summed E-state index contributed by atoms with van der Waals surface area (Å²) in [6.07, 6.45) is -10.1. The van der Waals surface area contributed by atoms with Gasteiger partial charge in [0.25, 0.3) is 0 Å². The Balaban J connectivity index is -0.000000333. The Hall–Kier alpha value is -1.52. The molecule has 0 aliphatic rings. The average molecular weight is 406 g/mol. The largest absolute Gasteiger partial charge is 0.481 e. The number of alkyl halides is 6. The molecule has 0 aromatic heterocycles. The molecular formula is C10H10F6O6Zn. The molecular weight excluding hydrogens is 395 g/mol. The molecule has 0 rings (SSSR count). The maximum Gasteiger partial charge on any atom is 0.450 e. The Morgan fingerprint density at radius 3 is 0.913 bits per heavy atom. The number of hydrogen-bond acceptors (Lipinski definition) is 4. The van der Waals surface area contributed by atoms with E-state index in [9.17, 15) is 45.5 Å². The number of hydrogen-bond donors (Lipinski definition) is 2. The number of Topliss-reactive ketones (excluding diaryl/α,β-unsaturated/α-hetero) is 2. The summed E-state index contributed by atoms with van der Waals surface area (Å²) in [5.74, 6) is -12.0. The van der Waals surface area contributed by atoms with Crippen LogP contribution in [-0.4, -0.2) is 46.1 Å². The maximum atomic E-state index is 11.4. The molecule has 0 fully saturated rings. The third-order valence-corrected chi connectivity index (χ3v) is 2.09. The minimum absolute atomic E-state index is 0. The number of carboxylic acids is 2. The molecule has 0 spiro atoms. The summed E-state index contributed by atoms with van der Waals surface area (Å²) < 4.78 is 68.7. The van der Waals surface area contributed by atoms with E-state index in [0.717, 1.165) is 0 Å². The summed E-state index contributed by atoms with van der Waals surface area (Å²) in [5, 5.41) is 16.0. The molecule has 0 aromatic carbocycles. The van der Waals surface area contributed by atoms with Crippen molar-refractivity contribution in [3.63, 3.8) is 0 Å². The van der Waals surface area contributed by atoms with Gasteiger partial charge in [-0.05, 0) is 13.8 Å². The topological polar surface area (TPSA) is 109 Å². The van der Waals surface area contributed by atoms with E-state index in [0.29, 0.717) is 13.8 Å². The fourth-order valence-corrected chi connectivity index (χ4v) is 0.715. The van der Waals surface area contributed by atoms with Crippen molar-refractivity contribution in [3.05, 3.63) is 0 Å². The fraction of sp³-hybridized carbons (Fsp3) is 0.600. The van der Waals surface area contributed by atoms with Crippen LogP contribution in [0.15, 0.2) is 0 Å². The summed E-state index contributed by atoms with van der Waals surface area (Å²) in [7, 11) is 0. The van der Waals surface area contributed by atoms with Crippen LogP contribution in [0.1, 0.15) is 13.8 Å². The number of ketones is 2. The number of aliphatic carboxylic acids is 2.